The lowest BCUT2D eigenvalue weighted by Gasteiger charge is -2.34. The van der Waals surface area contributed by atoms with Gasteiger partial charge in [0, 0.05) is 58.7 Å². The van der Waals surface area contributed by atoms with E-state index in [-0.39, 0.29) is 18.7 Å². The molecule has 3 amide bonds. The van der Waals surface area contributed by atoms with E-state index in [1.54, 1.807) is 6.07 Å². The number of hydrogen-bond donors (Lipinski definition) is 0. The van der Waals surface area contributed by atoms with Crippen LogP contribution in [0.2, 0.25) is 0 Å². The predicted octanol–water partition coefficient (Wildman–Crippen LogP) is 1.74. The van der Waals surface area contributed by atoms with Crippen LogP contribution < -0.4 is 4.90 Å². The number of carbonyl (C=O) groups excluding carboxylic acids is 3. The summed E-state index contributed by atoms with van der Waals surface area (Å²) in [4.78, 5) is 46.0. The van der Waals surface area contributed by atoms with Crippen LogP contribution in [0.4, 0.5) is 14.9 Å². The fourth-order valence-corrected chi connectivity index (χ4v) is 4.00. The highest BCUT2D eigenvalue weighted by Gasteiger charge is 2.34. The van der Waals surface area contributed by atoms with E-state index in [0.717, 1.165) is 31.5 Å². The smallest absolute Gasteiger partial charge is 0.369 e. The average Bonchev–Trinajstić information content (AvgIpc) is 3.34. The maximum atomic E-state index is 14.5. The molecule has 3 fully saturated rings. The van der Waals surface area contributed by atoms with E-state index in [2.05, 4.69) is 9.80 Å². The number of hydroxylamine groups is 2. The van der Waals surface area contributed by atoms with Crippen LogP contribution in [0, 0.1) is 5.82 Å². The fourth-order valence-electron chi connectivity index (χ4n) is 4.00. The number of nitrogens with zero attached hydrogens (tertiary/aromatic N) is 4. The number of piperazine rings is 1. The lowest BCUT2D eigenvalue weighted by Crippen LogP contribution is -2.50. The molecular weight excluding hydrogens is 379 g/mol. The molecule has 3 saturated heterocycles. The first-order valence-electron chi connectivity index (χ1n) is 10.1. The van der Waals surface area contributed by atoms with Crippen molar-refractivity contribution in [3.05, 3.63) is 29.6 Å². The normalized spacial score (nSPS) is 20.7. The van der Waals surface area contributed by atoms with Crippen LogP contribution in [0.25, 0.3) is 0 Å². The molecule has 29 heavy (non-hydrogen) atoms. The molecule has 1 aromatic carbocycles. The second-order valence-corrected chi connectivity index (χ2v) is 7.68. The monoisotopic (exact) mass is 404 g/mol. The zero-order chi connectivity index (χ0) is 20.4. The number of anilines is 1. The Labute approximate surface area is 168 Å². The molecule has 156 valence electrons. The van der Waals surface area contributed by atoms with Gasteiger partial charge in [0.1, 0.15) is 5.82 Å². The molecule has 0 spiro atoms. The highest BCUT2D eigenvalue weighted by Crippen LogP contribution is 2.25. The molecule has 3 heterocycles. The first-order valence-corrected chi connectivity index (χ1v) is 10.1. The Morgan fingerprint density at radius 2 is 1.62 bits per heavy atom. The summed E-state index contributed by atoms with van der Waals surface area (Å²) in [6, 6.07) is 5.41. The zero-order valence-electron chi connectivity index (χ0n) is 16.3. The number of carbonyl (C=O) groups is 3. The highest BCUT2D eigenvalue weighted by molar-refractivity contribution is 6.01. The van der Waals surface area contributed by atoms with Crippen LogP contribution in [-0.4, -0.2) is 72.0 Å². The van der Waals surface area contributed by atoms with Crippen LogP contribution in [0.15, 0.2) is 18.2 Å². The average molecular weight is 404 g/mol. The Hall–Kier alpha value is -2.68. The van der Waals surface area contributed by atoms with Crippen molar-refractivity contribution in [2.45, 2.75) is 32.2 Å². The van der Waals surface area contributed by atoms with Gasteiger partial charge < -0.3 is 14.6 Å². The standard InChI is InChI=1S/C20H25FN4O4/c21-16-13-15(3-4-17(16)23-7-1-2-8-23)14-22-9-11-24(12-10-22)20(28)29-25-18(26)5-6-19(25)27/h3-4,13H,1-2,5-12,14H2. The Morgan fingerprint density at radius 1 is 0.966 bits per heavy atom. The summed E-state index contributed by atoms with van der Waals surface area (Å²) in [5.41, 5.74) is 1.57. The van der Waals surface area contributed by atoms with Crippen molar-refractivity contribution < 1.29 is 23.6 Å². The van der Waals surface area contributed by atoms with Gasteiger partial charge in [0.25, 0.3) is 11.8 Å². The van der Waals surface area contributed by atoms with E-state index in [0.29, 0.717) is 43.5 Å². The third-order valence-corrected chi connectivity index (χ3v) is 5.67. The molecule has 0 saturated carbocycles. The third kappa shape index (κ3) is 4.34. The van der Waals surface area contributed by atoms with Crippen LogP contribution in [0.5, 0.6) is 0 Å². The summed E-state index contributed by atoms with van der Waals surface area (Å²) in [5, 5.41) is 0.569. The SMILES string of the molecule is O=C(ON1C(=O)CCC1=O)N1CCN(Cc2ccc(N3CCCC3)c(F)c2)CC1. The molecule has 4 rings (SSSR count). The van der Waals surface area contributed by atoms with Crippen LogP contribution in [0.3, 0.4) is 0 Å². The van der Waals surface area contributed by atoms with Crippen molar-refractivity contribution in [2.75, 3.05) is 44.2 Å². The summed E-state index contributed by atoms with van der Waals surface area (Å²) in [6.45, 7) is 4.46. The minimum atomic E-state index is -0.686. The lowest BCUT2D eigenvalue weighted by molar-refractivity contribution is -0.174. The second kappa shape index (κ2) is 8.36. The van der Waals surface area contributed by atoms with Crippen molar-refractivity contribution in [1.82, 2.24) is 14.9 Å². The quantitative estimate of drug-likeness (QED) is 0.712. The number of halogens is 1. The van der Waals surface area contributed by atoms with Gasteiger partial charge in [0.05, 0.1) is 5.69 Å². The molecule has 0 unspecified atom stereocenters. The summed E-state index contributed by atoms with van der Waals surface area (Å²) in [7, 11) is 0. The molecule has 1 aromatic rings. The van der Waals surface area contributed by atoms with Crippen molar-refractivity contribution >= 4 is 23.6 Å². The van der Waals surface area contributed by atoms with E-state index in [1.165, 1.54) is 4.90 Å². The van der Waals surface area contributed by atoms with Gasteiger partial charge in [-0.05, 0) is 30.5 Å². The Bertz CT molecular complexity index is 788. The molecule has 9 heteroatoms. The topological polar surface area (TPSA) is 73.4 Å². The predicted molar refractivity (Wildman–Crippen MR) is 102 cm³/mol. The van der Waals surface area contributed by atoms with Crippen molar-refractivity contribution in [3.63, 3.8) is 0 Å². The molecule has 0 aromatic heterocycles. The number of benzene rings is 1. The first-order chi connectivity index (χ1) is 14.0. The molecule has 3 aliphatic heterocycles. The number of rotatable bonds is 4. The van der Waals surface area contributed by atoms with E-state index >= 15 is 0 Å². The van der Waals surface area contributed by atoms with Crippen LogP contribution in [0.1, 0.15) is 31.2 Å². The largest absolute Gasteiger partial charge is 0.434 e. The van der Waals surface area contributed by atoms with Crippen molar-refractivity contribution in [3.8, 4) is 0 Å². The number of hydrogen-bond acceptors (Lipinski definition) is 6. The minimum absolute atomic E-state index is 0.0764. The van der Waals surface area contributed by atoms with Gasteiger partial charge in [0.15, 0.2) is 0 Å². The van der Waals surface area contributed by atoms with Crippen molar-refractivity contribution in [2.24, 2.45) is 0 Å². The Morgan fingerprint density at radius 3 is 2.24 bits per heavy atom. The van der Waals surface area contributed by atoms with Gasteiger partial charge in [-0.2, -0.15) is 0 Å². The molecule has 0 bridgehead atoms. The third-order valence-electron chi connectivity index (χ3n) is 5.67. The van der Waals surface area contributed by atoms with Gasteiger partial charge in [0.2, 0.25) is 0 Å². The van der Waals surface area contributed by atoms with Gasteiger partial charge in [-0.15, -0.1) is 5.06 Å². The van der Waals surface area contributed by atoms with E-state index in [9.17, 15) is 18.8 Å². The van der Waals surface area contributed by atoms with Gasteiger partial charge in [-0.1, -0.05) is 6.07 Å². The molecule has 8 nitrogen and oxygen atoms in total. The van der Waals surface area contributed by atoms with Crippen LogP contribution >= 0.6 is 0 Å². The van der Waals surface area contributed by atoms with E-state index in [1.807, 2.05) is 12.1 Å². The Balaban J connectivity index is 1.27. The minimum Gasteiger partial charge on any atom is -0.369 e. The molecular formula is C20H25FN4O4. The van der Waals surface area contributed by atoms with E-state index < -0.39 is 17.9 Å². The molecule has 0 aliphatic carbocycles. The summed E-state index contributed by atoms with van der Waals surface area (Å²) in [6.07, 6.45) is 1.68. The van der Waals surface area contributed by atoms with E-state index in [4.69, 9.17) is 4.84 Å². The molecule has 3 aliphatic rings. The molecule has 0 atom stereocenters. The second-order valence-electron chi connectivity index (χ2n) is 7.68. The van der Waals surface area contributed by atoms with Crippen molar-refractivity contribution in [1.29, 1.82) is 0 Å². The molecule has 0 radical (unpaired) electrons. The summed E-state index contributed by atoms with van der Waals surface area (Å²) in [5.74, 6) is -1.16. The number of amides is 3. The maximum absolute atomic E-state index is 14.5. The first kappa shape index (κ1) is 19.6. The zero-order valence-corrected chi connectivity index (χ0v) is 16.3. The highest BCUT2D eigenvalue weighted by atomic mass is 19.1. The number of imide groups is 1. The van der Waals surface area contributed by atoms with Gasteiger partial charge >= 0.3 is 6.09 Å². The summed E-state index contributed by atoms with van der Waals surface area (Å²) < 4.78 is 14.5. The van der Waals surface area contributed by atoms with Gasteiger partial charge in [-0.3, -0.25) is 14.5 Å². The maximum Gasteiger partial charge on any atom is 0.434 e. The Kier molecular flexibility index (Phi) is 5.66. The van der Waals surface area contributed by atoms with Crippen LogP contribution in [-0.2, 0) is 21.0 Å². The van der Waals surface area contributed by atoms with Gasteiger partial charge in [-0.25, -0.2) is 9.18 Å². The fraction of sp³-hybridized carbons (Fsp3) is 0.550. The summed E-state index contributed by atoms with van der Waals surface area (Å²) >= 11 is 0. The lowest BCUT2D eigenvalue weighted by atomic mass is 10.1. The molecule has 0 N–H and O–H groups in total.